The molecule has 3 rings (SSSR count). The third-order valence-corrected chi connectivity index (χ3v) is 3.60. The second-order valence-electron chi connectivity index (χ2n) is 5.02. The largest absolute Gasteiger partial charge is 0.411 e. The van der Waals surface area contributed by atoms with Gasteiger partial charge in [0.2, 0.25) is 0 Å². The van der Waals surface area contributed by atoms with Crippen molar-refractivity contribution in [3.8, 4) is 11.8 Å². The Hall–Kier alpha value is -2.25. The average molecular weight is 300 g/mol. The van der Waals surface area contributed by atoms with Gasteiger partial charge in [0, 0.05) is 29.4 Å². The van der Waals surface area contributed by atoms with Crippen molar-refractivity contribution < 1.29 is 5.21 Å². The van der Waals surface area contributed by atoms with Gasteiger partial charge in [-0.2, -0.15) is 0 Å². The molecule has 21 heavy (non-hydrogen) atoms. The fraction of sp³-hybridized carbons (Fsp3) is 0.250. The smallest absolute Gasteiger partial charge is 0.108 e. The minimum Gasteiger partial charge on any atom is -0.411 e. The van der Waals surface area contributed by atoms with Gasteiger partial charge < -0.3 is 9.77 Å². The zero-order valence-corrected chi connectivity index (χ0v) is 12.1. The van der Waals surface area contributed by atoms with Crippen molar-refractivity contribution in [3.63, 3.8) is 0 Å². The van der Waals surface area contributed by atoms with E-state index in [0.717, 1.165) is 5.56 Å². The first-order valence-corrected chi connectivity index (χ1v) is 7.12. The van der Waals surface area contributed by atoms with Crippen LogP contribution in [0.2, 0.25) is 5.02 Å². The molecule has 0 saturated heterocycles. The minimum absolute atomic E-state index is 0.406. The minimum atomic E-state index is 0.406. The van der Waals surface area contributed by atoms with E-state index in [0.29, 0.717) is 28.8 Å². The molecule has 1 aliphatic rings. The van der Waals surface area contributed by atoms with Crippen molar-refractivity contribution in [1.29, 1.82) is 0 Å². The molecule has 0 spiro atoms. The van der Waals surface area contributed by atoms with Gasteiger partial charge in [-0.1, -0.05) is 34.7 Å². The molecule has 1 aromatic carbocycles. The number of nitrogens with zero attached hydrogens (tertiary/aromatic N) is 3. The Morgan fingerprint density at radius 3 is 2.95 bits per heavy atom. The Morgan fingerprint density at radius 2 is 2.33 bits per heavy atom. The molecule has 0 amide bonds. The van der Waals surface area contributed by atoms with Crippen LogP contribution in [-0.2, 0) is 6.54 Å². The van der Waals surface area contributed by atoms with Crippen LogP contribution >= 0.6 is 11.6 Å². The summed E-state index contributed by atoms with van der Waals surface area (Å²) in [6.45, 7) is 0.406. The van der Waals surface area contributed by atoms with Gasteiger partial charge in [0.25, 0.3) is 0 Å². The molecule has 1 heterocycles. The highest BCUT2D eigenvalue weighted by Gasteiger charge is 2.17. The number of hydrogen-bond acceptors (Lipinski definition) is 3. The normalized spacial score (nSPS) is 14.6. The molecule has 1 aromatic heterocycles. The molecule has 106 valence electrons. The van der Waals surface area contributed by atoms with E-state index >= 15 is 0 Å². The lowest BCUT2D eigenvalue weighted by Gasteiger charge is -2.08. The van der Waals surface area contributed by atoms with Crippen LogP contribution in [0.4, 0.5) is 0 Å². The summed E-state index contributed by atoms with van der Waals surface area (Å²) in [7, 11) is 0. The van der Waals surface area contributed by atoms with Gasteiger partial charge in [0.05, 0.1) is 17.9 Å². The third-order valence-electron chi connectivity index (χ3n) is 3.29. The van der Waals surface area contributed by atoms with Gasteiger partial charge in [-0.15, -0.1) is 0 Å². The van der Waals surface area contributed by atoms with Crippen molar-refractivity contribution >= 4 is 17.3 Å². The predicted molar refractivity (Wildman–Crippen MR) is 81.6 cm³/mol. The van der Waals surface area contributed by atoms with Crippen molar-refractivity contribution in [2.75, 3.05) is 0 Å². The van der Waals surface area contributed by atoms with Crippen LogP contribution in [0.5, 0.6) is 0 Å². The van der Waals surface area contributed by atoms with E-state index in [4.69, 9.17) is 11.6 Å². The van der Waals surface area contributed by atoms with Crippen molar-refractivity contribution in [3.05, 3.63) is 53.1 Å². The quantitative estimate of drug-likeness (QED) is 0.409. The first-order chi connectivity index (χ1) is 10.3. The maximum atomic E-state index is 9.22. The second-order valence-corrected chi connectivity index (χ2v) is 5.43. The van der Waals surface area contributed by atoms with Gasteiger partial charge in [-0.3, -0.25) is 0 Å². The summed E-state index contributed by atoms with van der Waals surface area (Å²) in [5.74, 6) is 6.88. The van der Waals surface area contributed by atoms with Crippen molar-refractivity contribution in [2.24, 2.45) is 11.1 Å². The number of imidazole rings is 1. The number of aromatic nitrogens is 2. The molecule has 1 fully saturated rings. The van der Waals surface area contributed by atoms with Gasteiger partial charge in [-0.05, 0) is 25.0 Å². The Balaban J connectivity index is 1.82. The molecule has 0 unspecified atom stereocenters. The number of rotatable bonds is 3. The number of benzene rings is 1. The highest BCUT2D eigenvalue weighted by molar-refractivity contribution is 6.34. The van der Waals surface area contributed by atoms with Gasteiger partial charge >= 0.3 is 0 Å². The lowest BCUT2D eigenvalue weighted by Crippen LogP contribution is -2.11. The standard InChI is InChI=1S/C16H14ClN3O/c17-15-9-13(4-3-12-1-2-12)5-6-14(15)16(19-21)10-20-8-7-18-11-20/h5-9,11-12,21H,1-2,10H2/b19-16+. The number of halogens is 1. The molecule has 0 bridgehead atoms. The summed E-state index contributed by atoms with van der Waals surface area (Å²) in [6, 6.07) is 5.55. The molecule has 1 aliphatic carbocycles. The molecule has 1 saturated carbocycles. The van der Waals surface area contributed by atoms with E-state index in [2.05, 4.69) is 22.0 Å². The Labute approximate surface area is 128 Å². The summed E-state index contributed by atoms with van der Waals surface area (Å²) in [4.78, 5) is 3.96. The van der Waals surface area contributed by atoms with E-state index < -0.39 is 0 Å². The van der Waals surface area contributed by atoms with Gasteiger partial charge in [0.15, 0.2) is 0 Å². The molecule has 0 aliphatic heterocycles. The zero-order valence-electron chi connectivity index (χ0n) is 11.3. The molecule has 4 nitrogen and oxygen atoms in total. The van der Waals surface area contributed by atoms with Gasteiger partial charge in [0.1, 0.15) is 5.71 Å². The van der Waals surface area contributed by atoms with Crippen LogP contribution in [0.25, 0.3) is 0 Å². The summed E-state index contributed by atoms with van der Waals surface area (Å²) in [5.41, 5.74) is 2.07. The summed E-state index contributed by atoms with van der Waals surface area (Å²) in [5, 5.41) is 13.1. The Kier molecular flexibility index (Phi) is 3.94. The average Bonchev–Trinajstić information content (AvgIpc) is 3.18. The Morgan fingerprint density at radius 1 is 1.48 bits per heavy atom. The third kappa shape index (κ3) is 3.45. The summed E-state index contributed by atoms with van der Waals surface area (Å²) in [6.07, 6.45) is 7.53. The number of hydrogen-bond donors (Lipinski definition) is 1. The molecule has 2 aromatic rings. The van der Waals surface area contributed by atoms with E-state index in [1.54, 1.807) is 18.7 Å². The maximum Gasteiger partial charge on any atom is 0.108 e. The van der Waals surface area contributed by atoms with Crippen LogP contribution in [0, 0.1) is 17.8 Å². The van der Waals surface area contributed by atoms with Crippen LogP contribution in [0.3, 0.4) is 0 Å². The van der Waals surface area contributed by atoms with Crippen molar-refractivity contribution in [1.82, 2.24) is 9.55 Å². The monoisotopic (exact) mass is 299 g/mol. The molecule has 1 N–H and O–H groups in total. The van der Waals surface area contributed by atoms with E-state index in [-0.39, 0.29) is 0 Å². The highest BCUT2D eigenvalue weighted by atomic mass is 35.5. The first kappa shape index (κ1) is 13.7. The first-order valence-electron chi connectivity index (χ1n) is 6.74. The molecule has 5 heteroatoms. The topological polar surface area (TPSA) is 50.4 Å². The highest BCUT2D eigenvalue weighted by Crippen LogP contribution is 2.28. The van der Waals surface area contributed by atoms with Crippen LogP contribution in [0.1, 0.15) is 24.0 Å². The van der Waals surface area contributed by atoms with Crippen LogP contribution < -0.4 is 0 Å². The van der Waals surface area contributed by atoms with Crippen LogP contribution in [0.15, 0.2) is 42.1 Å². The molecular weight excluding hydrogens is 286 g/mol. The van der Waals surface area contributed by atoms with E-state index in [9.17, 15) is 5.21 Å². The molecule has 0 radical (unpaired) electrons. The van der Waals surface area contributed by atoms with Crippen LogP contribution in [-0.4, -0.2) is 20.5 Å². The fourth-order valence-corrected chi connectivity index (χ4v) is 2.25. The summed E-state index contributed by atoms with van der Waals surface area (Å²) < 4.78 is 1.81. The Bertz CT molecular complexity index is 722. The summed E-state index contributed by atoms with van der Waals surface area (Å²) >= 11 is 6.29. The number of oxime groups is 1. The fourth-order valence-electron chi connectivity index (χ4n) is 1.96. The lowest BCUT2D eigenvalue weighted by molar-refractivity contribution is 0.317. The second kappa shape index (κ2) is 6.02. The van der Waals surface area contributed by atoms with E-state index in [1.807, 2.05) is 22.8 Å². The lowest BCUT2D eigenvalue weighted by atomic mass is 10.1. The van der Waals surface area contributed by atoms with Gasteiger partial charge in [-0.25, -0.2) is 4.98 Å². The molecule has 0 atom stereocenters. The van der Waals surface area contributed by atoms with Crippen molar-refractivity contribution in [2.45, 2.75) is 19.4 Å². The van der Waals surface area contributed by atoms with E-state index in [1.165, 1.54) is 12.8 Å². The zero-order chi connectivity index (χ0) is 14.7. The predicted octanol–water partition coefficient (Wildman–Crippen LogP) is 3.18. The SMILES string of the molecule is O/N=C(\Cn1ccnc1)c1ccc(C#CC2CC2)cc1Cl. The molecular formula is C16H14ClN3O. The maximum absolute atomic E-state index is 9.22.